The Morgan fingerprint density at radius 3 is 1.84 bits per heavy atom. The van der Waals surface area contributed by atoms with E-state index in [2.05, 4.69) is 119 Å². The molecule has 1 fully saturated rings. The summed E-state index contributed by atoms with van der Waals surface area (Å²) >= 11 is 1.66. The molecule has 5 heteroatoms. The SMILES string of the molecule is c1ccc(CN2CCN(/C(=N\c3sc(-c4ccccc4)nc3-c3ccccc3)c3ccccc3)CC2)cc1. The molecule has 1 aliphatic rings. The summed E-state index contributed by atoms with van der Waals surface area (Å²) in [6, 6.07) is 42.1. The van der Waals surface area contributed by atoms with Crippen LogP contribution in [0.1, 0.15) is 11.1 Å². The second-order valence-corrected chi connectivity index (χ2v) is 10.4. The van der Waals surface area contributed by atoms with Crippen molar-refractivity contribution in [2.45, 2.75) is 6.54 Å². The predicted octanol–water partition coefficient (Wildman–Crippen LogP) is 7.37. The standard InChI is InChI=1S/C33H30N4S/c1-5-13-26(14-6-1)25-36-21-23-37(24-22-36)31(28-17-9-3-10-18-28)35-33-30(27-15-7-2-8-16-27)34-32(38-33)29-19-11-4-12-20-29/h1-20H,21-25H2/b35-31-. The Labute approximate surface area is 228 Å². The van der Waals surface area contributed by atoms with E-state index in [1.165, 1.54) is 5.56 Å². The van der Waals surface area contributed by atoms with Crippen molar-refractivity contribution in [1.82, 2.24) is 14.8 Å². The van der Waals surface area contributed by atoms with Crippen LogP contribution in [0.2, 0.25) is 0 Å². The topological polar surface area (TPSA) is 31.7 Å². The third kappa shape index (κ3) is 5.59. The van der Waals surface area contributed by atoms with Crippen molar-refractivity contribution in [3.05, 3.63) is 132 Å². The molecule has 0 N–H and O–H groups in total. The largest absolute Gasteiger partial charge is 0.354 e. The first-order valence-corrected chi connectivity index (χ1v) is 13.9. The first-order valence-electron chi connectivity index (χ1n) is 13.1. The Hall–Kier alpha value is -4.06. The van der Waals surface area contributed by atoms with Gasteiger partial charge in [0.25, 0.3) is 0 Å². The molecule has 1 aliphatic heterocycles. The maximum absolute atomic E-state index is 5.36. The Balaban J connectivity index is 1.35. The molecule has 4 aromatic carbocycles. The fraction of sp³-hybridized carbons (Fsp3) is 0.152. The minimum atomic E-state index is 0.936. The molecule has 0 saturated carbocycles. The first-order chi connectivity index (χ1) is 18.8. The van der Waals surface area contributed by atoms with Crippen LogP contribution >= 0.6 is 11.3 Å². The molecule has 4 nitrogen and oxygen atoms in total. The number of aromatic nitrogens is 1. The van der Waals surface area contributed by atoms with Crippen molar-refractivity contribution >= 4 is 22.2 Å². The average molecular weight is 515 g/mol. The molecule has 0 spiro atoms. The van der Waals surface area contributed by atoms with Crippen LogP contribution in [0.25, 0.3) is 21.8 Å². The molecular weight excluding hydrogens is 484 g/mol. The molecule has 0 bridgehead atoms. The van der Waals surface area contributed by atoms with E-state index >= 15 is 0 Å². The van der Waals surface area contributed by atoms with Gasteiger partial charge >= 0.3 is 0 Å². The molecule has 1 aromatic heterocycles. The van der Waals surface area contributed by atoms with Crippen molar-refractivity contribution < 1.29 is 0 Å². The van der Waals surface area contributed by atoms with Crippen LogP contribution in [0.5, 0.6) is 0 Å². The van der Waals surface area contributed by atoms with Crippen LogP contribution in [0.15, 0.2) is 126 Å². The van der Waals surface area contributed by atoms with Crippen molar-refractivity contribution in [3.8, 4) is 21.8 Å². The van der Waals surface area contributed by atoms with E-state index in [0.29, 0.717) is 0 Å². The molecule has 5 aromatic rings. The van der Waals surface area contributed by atoms with Crippen LogP contribution in [0, 0.1) is 0 Å². The summed E-state index contributed by atoms with van der Waals surface area (Å²) in [5.41, 5.74) is 5.64. The second-order valence-electron chi connectivity index (χ2n) is 9.46. The van der Waals surface area contributed by atoms with Crippen LogP contribution in [0.4, 0.5) is 5.00 Å². The smallest absolute Gasteiger partial charge is 0.146 e. The van der Waals surface area contributed by atoms with Crippen LogP contribution in [-0.4, -0.2) is 46.8 Å². The maximum Gasteiger partial charge on any atom is 0.146 e. The highest BCUT2D eigenvalue weighted by atomic mass is 32.1. The molecule has 1 saturated heterocycles. The minimum Gasteiger partial charge on any atom is -0.354 e. The number of rotatable bonds is 6. The fourth-order valence-electron chi connectivity index (χ4n) is 4.84. The van der Waals surface area contributed by atoms with E-state index in [1.54, 1.807) is 11.3 Å². The molecule has 2 heterocycles. The van der Waals surface area contributed by atoms with E-state index in [-0.39, 0.29) is 0 Å². The molecular formula is C33H30N4S. The zero-order chi connectivity index (χ0) is 25.6. The molecule has 0 atom stereocenters. The predicted molar refractivity (Wildman–Crippen MR) is 159 cm³/mol. The lowest BCUT2D eigenvalue weighted by atomic mass is 10.1. The number of hydrogen-bond acceptors (Lipinski definition) is 4. The van der Waals surface area contributed by atoms with Crippen LogP contribution in [-0.2, 0) is 6.54 Å². The van der Waals surface area contributed by atoms with Gasteiger partial charge in [0.1, 0.15) is 21.5 Å². The summed E-state index contributed by atoms with van der Waals surface area (Å²) in [5, 5.41) is 1.93. The van der Waals surface area contributed by atoms with Gasteiger partial charge in [-0.15, -0.1) is 0 Å². The van der Waals surface area contributed by atoms with E-state index in [4.69, 9.17) is 9.98 Å². The van der Waals surface area contributed by atoms with E-state index in [1.807, 2.05) is 12.1 Å². The Morgan fingerprint density at radius 1 is 0.658 bits per heavy atom. The quantitative estimate of drug-likeness (QED) is 0.175. The number of thiazole rings is 1. The van der Waals surface area contributed by atoms with Gasteiger partial charge in [0.15, 0.2) is 0 Å². The van der Waals surface area contributed by atoms with Gasteiger partial charge < -0.3 is 4.90 Å². The van der Waals surface area contributed by atoms with Crippen molar-refractivity contribution in [2.75, 3.05) is 26.2 Å². The normalized spacial score (nSPS) is 14.5. The minimum absolute atomic E-state index is 0.936. The Kier molecular flexibility index (Phi) is 7.38. The van der Waals surface area contributed by atoms with E-state index in [0.717, 1.165) is 71.0 Å². The van der Waals surface area contributed by atoms with Gasteiger partial charge in [-0.25, -0.2) is 9.98 Å². The van der Waals surface area contributed by atoms with Crippen LogP contribution < -0.4 is 0 Å². The summed E-state index contributed by atoms with van der Waals surface area (Å²) in [6.07, 6.45) is 0. The zero-order valence-corrected chi connectivity index (χ0v) is 22.1. The zero-order valence-electron chi connectivity index (χ0n) is 21.3. The average Bonchev–Trinajstić information content (AvgIpc) is 3.42. The Morgan fingerprint density at radius 2 is 1.21 bits per heavy atom. The molecule has 6 rings (SSSR count). The summed E-state index contributed by atoms with van der Waals surface area (Å²) in [4.78, 5) is 15.4. The van der Waals surface area contributed by atoms with E-state index in [9.17, 15) is 0 Å². The second kappa shape index (κ2) is 11.5. The van der Waals surface area contributed by atoms with Gasteiger partial charge in [0.2, 0.25) is 0 Å². The van der Waals surface area contributed by atoms with Crippen molar-refractivity contribution in [1.29, 1.82) is 0 Å². The lowest BCUT2D eigenvalue weighted by molar-refractivity contribution is 0.176. The molecule has 0 radical (unpaired) electrons. The van der Waals surface area contributed by atoms with Gasteiger partial charge in [-0.05, 0) is 5.56 Å². The van der Waals surface area contributed by atoms with Gasteiger partial charge in [0.05, 0.1) is 0 Å². The maximum atomic E-state index is 5.36. The molecule has 0 unspecified atom stereocenters. The summed E-state index contributed by atoms with van der Waals surface area (Å²) in [5.74, 6) is 1.02. The van der Waals surface area contributed by atoms with Crippen LogP contribution in [0.3, 0.4) is 0 Å². The highest BCUT2D eigenvalue weighted by Gasteiger charge is 2.23. The number of benzene rings is 4. The molecule has 38 heavy (non-hydrogen) atoms. The Bertz CT molecular complexity index is 1470. The number of hydrogen-bond donors (Lipinski definition) is 0. The number of amidine groups is 1. The molecule has 0 aliphatic carbocycles. The number of nitrogens with zero attached hydrogens (tertiary/aromatic N) is 4. The van der Waals surface area contributed by atoms with Gasteiger partial charge in [-0.1, -0.05) is 133 Å². The third-order valence-electron chi connectivity index (χ3n) is 6.84. The summed E-state index contributed by atoms with van der Waals surface area (Å²) in [6.45, 7) is 4.87. The monoisotopic (exact) mass is 514 g/mol. The van der Waals surface area contributed by atoms with Crippen molar-refractivity contribution in [3.63, 3.8) is 0 Å². The molecule has 188 valence electrons. The highest BCUT2D eigenvalue weighted by molar-refractivity contribution is 7.19. The van der Waals surface area contributed by atoms with E-state index < -0.39 is 0 Å². The summed E-state index contributed by atoms with van der Waals surface area (Å²) < 4.78 is 0. The first kappa shape index (κ1) is 24.3. The van der Waals surface area contributed by atoms with Gasteiger partial charge in [-0.3, -0.25) is 4.90 Å². The lowest BCUT2D eigenvalue weighted by Gasteiger charge is -2.36. The summed E-state index contributed by atoms with van der Waals surface area (Å²) in [7, 11) is 0. The van der Waals surface area contributed by atoms with Gasteiger partial charge in [-0.2, -0.15) is 0 Å². The third-order valence-corrected chi connectivity index (χ3v) is 7.84. The number of piperazine rings is 1. The highest BCUT2D eigenvalue weighted by Crippen LogP contribution is 2.40. The fourth-order valence-corrected chi connectivity index (χ4v) is 5.80. The lowest BCUT2D eigenvalue weighted by Crippen LogP contribution is -2.48. The number of aliphatic imine (C=N–C) groups is 1. The van der Waals surface area contributed by atoms with Crippen molar-refractivity contribution in [2.24, 2.45) is 4.99 Å². The van der Waals surface area contributed by atoms with Gasteiger partial charge in [0, 0.05) is 49.4 Å². The molecule has 0 amide bonds.